The summed E-state index contributed by atoms with van der Waals surface area (Å²) in [4.78, 5) is 86.4. The maximum atomic E-state index is 12.6. The number of Topliss-reactive ketones (excluding diaryl/α,β-unsaturated/α-hetero) is 1. The van der Waals surface area contributed by atoms with Crippen LogP contribution in [-0.4, -0.2) is 141 Å². The van der Waals surface area contributed by atoms with Crippen molar-refractivity contribution >= 4 is 69.8 Å². The fraction of sp³-hybridized carbons (Fsp3) is 0.680. The van der Waals surface area contributed by atoms with Gasteiger partial charge in [0.05, 0.1) is 19.5 Å². The van der Waals surface area contributed by atoms with Crippen LogP contribution in [0.25, 0.3) is 11.2 Å². The van der Waals surface area contributed by atoms with E-state index in [1.807, 2.05) is 0 Å². The molecule has 3 heterocycles. The molecule has 29 heteroatoms. The van der Waals surface area contributed by atoms with E-state index < -0.39 is 91.2 Å². The van der Waals surface area contributed by atoms with Crippen molar-refractivity contribution in [2.45, 2.75) is 57.3 Å². The van der Waals surface area contributed by atoms with Crippen LogP contribution in [0.4, 0.5) is 5.82 Å². The average molecular weight is 854 g/mol. The van der Waals surface area contributed by atoms with Gasteiger partial charge < -0.3 is 56.0 Å². The van der Waals surface area contributed by atoms with Crippen LogP contribution >= 0.6 is 35.2 Å². The van der Waals surface area contributed by atoms with Crippen LogP contribution in [0.15, 0.2) is 12.7 Å². The third-order valence-corrected chi connectivity index (χ3v) is 11.4. The van der Waals surface area contributed by atoms with E-state index in [1.54, 1.807) is 0 Å². The Labute approximate surface area is 310 Å². The van der Waals surface area contributed by atoms with Crippen molar-refractivity contribution in [1.29, 1.82) is 0 Å². The van der Waals surface area contributed by atoms with E-state index in [-0.39, 0.29) is 48.7 Å². The number of aliphatic hydroxyl groups is 3. The molecule has 1 aliphatic heterocycles. The molecule has 3 rings (SSSR count). The minimum absolute atomic E-state index is 0.0280. The molecule has 1 fully saturated rings. The van der Waals surface area contributed by atoms with Gasteiger partial charge in [0.25, 0.3) is 0 Å². The third kappa shape index (κ3) is 13.9. The molecular formula is C25H42N7O18P3S. The quantitative estimate of drug-likeness (QED) is 0.0430. The van der Waals surface area contributed by atoms with Crippen LogP contribution in [0.1, 0.15) is 32.9 Å². The highest BCUT2D eigenvalue weighted by molar-refractivity contribution is 7.99. The van der Waals surface area contributed by atoms with Gasteiger partial charge in [0.2, 0.25) is 11.8 Å². The lowest BCUT2D eigenvalue weighted by molar-refractivity contribution is -0.137. The summed E-state index contributed by atoms with van der Waals surface area (Å²) in [6, 6.07) is 0. The van der Waals surface area contributed by atoms with Crippen LogP contribution in [0.3, 0.4) is 0 Å². The number of ether oxygens (including phenoxy) is 1. The van der Waals surface area contributed by atoms with Gasteiger partial charge in [-0.15, -0.1) is 0 Å². The van der Waals surface area contributed by atoms with E-state index in [9.17, 15) is 57.9 Å². The normalized spacial score (nSPS) is 22.0. The zero-order chi connectivity index (χ0) is 40.5. The van der Waals surface area contributed by atoms with Gasteiger partial charge in [-0.05, 0) is 0 Å². The summed E-state index contributed by atoms with van der Waals surface area (Å²) in [7, 11) is -16.4. The SMILES string of the molecule is CC(C)(COP(=O)(O)OP(=O)(O)OC[C@H]1O[C@@H](n2cnc3c(N)ncnc32)[C@H](O)[C@@H]1OP(=O)(O)O)[C@@H](O)C(=O)NCCC(=O)NCCSCCC(=O)CO. The highest BCUT2D eigenvalue weighted by Gasteiger charge is 2.50. The fourth-order valence-electron chi connectivity index (χ4n) is 4.57. The van der Waals surface area contributed by atoms with Crippen LogP contribution in [0, 0.1) is 5.41 Å². The van der Waals surface area contributed by atoms with Gasteiger partial charge in [-0.2, -0.15) is 16.1 Å². The Morgan fingerprint density at radius 1 is 1.04 bits per heavy atom. The van der Waals surface area contributed by atoms with Crippen molar-refractivity contribution in [3.05, 3.63) is 12.7 Å². The second kappa shape index (κ2) is 19.6. The number of nitrogens with one attached hydrogen (secondary N) is 2. The number of carbonyl (C=O) groups excluding carboxylic acids is 3. The molecule has 2 unspecified atom stereocenters. The van der Waals surface area contributed by atoms with Gasteiger partial charge >= 0.3 is 23.5 Å². The minimum Gasteiger partial charge on any atom is -0.389 e. The molecule has 0 aromatic carbocycles. The van der Waals surface area contributed by atoms with Crippen LogP contribution in [0.2, 0.25) is 0 Å². The summed E-state index contributed by atoms with van der Waals surface area (Å²) in [6.45, 7) is 0.0396. The first-order valence-electron chi connectivity index (χ1n) is 15.6. The number of anilines is 1. The lowest BCUT2D eigenvalue weighted by atomic mass is 9.87. The number of fused-ring (bicyclic) bond motifs is 1. The molecule has 54 heavy (non-hydrogen) atoms. The van der Waals surface area contributed by atoms with E-state index in [0.29, 0.717) is 11.5 Å². The summed E-state index contributed by atoms with van der Waals surface area (Å²) < 4.78 is 61.9. The first-order valence-corrected chi connectivity index (χ1v) is 21.3. The molecule has 1 aliphatic rings. The predicted octanol–water partition coefficient (Wildman–Crippen LogP) is -1.91. The van der Waals surface area contributed by atoms with Gasteiger partial charge in [-0.1, -0.05) is 13.8 Å². The van der Waals surface area contributed by atoms with E-state index in [4.69, 9.17) is 24.6 Å². The molecule has 11 N–H and O–H groups in total. The lowest BCUT2D eigenvalue weighted by Crippen LogP contribution is -2.46. The smallest absolute Gasteiger partial charge is 0.389 e. The van der Waals surface area contributed by atoms with Gasteiger partial charge in [0.1, 0.15) is 42.9 Å². The van der Waals surface area contributed by atoms with E-state index in [0.717, 1.165) is 17.2 Å². The van der Waals surface area contributed by atoms with Crippen molar-refractivity contribution in [2.24, 2.45) is 5.41 Å². The predicted molar refractivity (Wildman–Crippen MR) is 184 cm³/mol. The number of aromatic nitrogens is 4. The van der Waals surface area contributed by atoms with Crippen molar-refractivity contribution < 1.29 is 85.6 Å². The number of nitrogen functional groups attached to an aromatic ring is 1. The molecular weight excluding hydrogens is 811 g/mol. The van der Waals surface area contributed by atoms with Gasteiger partial charge in [0, 0.05) is 42.9 Å². The van der Waals surface area contributed by atoms with Gasteiger partial charge in [0.15, 0.2) is 23.5 Å². The second-order valence-electron chi connectivity index (χ2n) is 12.1. The Hall–Kier alpha value is -2.48. The lowest BCUT2D eigenvalue weighted by Gasteiger charge is -2.30. The molecule has 306 valence electrons. The van der Waals surface area contributed by atoms with E-state index in [2.05, 4.69) is 34.4 Å². The molecule has 0 spiro atoms. The van der Waals surface area contributed by atoms with Crippen LogP contribution in [-0.2, 0) is 50.7 Å². The first kappa shape index (κ1) is 45.9. The van der Waals surface area contributed by atoms with Crippen molar-refractivity contribution in [2.75, 3.05) is 50.1 Å². The number of nitrogens with zero attached hydrogens (tertiary/aromatic N) is 4. The standard InChI is InChI=1S/C25H42N7O18P3S/c1-25(2,20(37)23(38)28-5-3-16(35)27-6-8-54-7-4-14(34)9-33)11-47-53(44,45)50-52(42,43)46-10-15-19(49-51(39,40)41)18(36)24(48-15)32-13-31-17-21(26)29-12-30-22(17)32/h12-13,15,18-20,24,33,36-37H,3-11H2,1-2H3,(H,27,35)(H,28,38)(H,42,43)(H,44,45)(H2,26,29,30)(H2,39,40,41)/t15-,18-,19-,20+,24-/m1/s1. The van der Waals surface area contributed by atoms with Crippen molar-refractivity contribution in [3.8, 4) is 0 Å². The van der Waals surface area contributed by atoms with Crippen LogP contribution in [0.5, 0.6) is 0 Å². The summed E-state index contributed by atoms with van der Waals surface area (Å²) in [5.74, 6) is -0.738. The number of carbonyl (C=O) groups is 3. The van der Waals surface area contributed by atoms with E-state index in [1.165, 1.54) is 25.6 Å². The highest BCUT2D eigenvalue weighted by Crippen LogP contribution is 2.61. The number of phosphoric acid groups is 3. The monoisotopic (exact) mass is 853 g/mol. The summed E-state index contributed by atoms with van der Waals surface area (Å²) in [6.07, 6.45) is -6.70. The van der Waals surface area contributed by atoms with Crippen molar-refractivity contribution in [3.63, 3.8) is 0 Å². The zero-order valence-corrected chi connectivity index (χ0v) is 32.1. The van der Waals surface area contributed by atoms with Gasteiger partial charge in [-0.25, -0.2) is 28.6 Å². The number of imidazole rings is 1. The number of ketones is 1. The number of thioether (sulfide) groups is 1. The maximum absolute atomic E-state index is 12.6. The third-order valence-electron chi connectivity index (χ3n) is 7.35. The molecule has 25 nitrogen and oxygen atoms in total. The number of amides is 2. The molecule has 0 radical (unpaired) electrons. The number of phosphoric ester groups is 3. The molecule has 0 bridgehead atoms. The summed E-state index contributed by atoms with van der Waals surface area (Å²) >= 11 is 1.40. The largest absolute Gasteiger partial charge is 0.481 e. The Balaban J connectivity index is 1.50. The second-order valence-corrected chi connectivity index (χ2v) is 17.6. The first-order chi connectivity index (χ1) is 25.1. The molecule has 0 saturated carbocycles. The maximum Gasteiger partial charge on any atom is 0.481 e. The van der Waals surface area contributed by atoms with Crippen LogP contribution < -0.4 is 16.4 Å². The number of hydrogen-bond acceptors (Lipinski definition) is 19. The summed E-state index contributed by atoms with van der Waals surface area (Å²) in [5.41, 5.74) is 4.25. The zero-order valence-electron chi connectivity index (χ0n) is 28.6. The van der Waals surface area contributed by atoms with Gasteiger partial charge in [-0.3, -0.25) is 32.5 Å². The topological polar surface area (TPSA) is 384 Å². The molecule has 2 aromatic rings. The molecule has 1 saturated heterocycles. The Kier molecular flexibility index (Phi) is 16.7. The number of aliphatic hydroxyl groups excluding tert-OH is 3. The molecule has 2 aromatic heterocycles. The van der Waals surface area contributed by atoms with E-state index >= 15 is 0 Å². The summed E-state index contributed by atoms with van der Waals surface area (Å²) in [5, 5.41) is 35.0. The fourth-order valence-corrected chi connectivity index (χ4v) is 8.22. The van der Waals surface area contributed by atoms with Crippen molar-refractivity contribution in [1.82, 2.24) is 30.2 Å². The Morgan fingerprint density at radius 3 is 2.39 bits per heavy atom. The highest BCUT2D eigenvalue weighted by atomic mass is 32.2. The Bertz CT molecular complexity index is 1760. The number of rotatable bonds is 23. The minimum atomic E-state index is -5.57. The molecule has 7 atom stereocenters. The average Bonchev–Trinajstić information content (AvgIpc) is 3.64. The molecule has 2 amide bonds. The number of hydrogen-bond donors (Lipinski definition) is 10. The Morgan fingerprint density at radius 2 is 1.72 bits per heavy atom. The molecule has 0 aliphatic carbocycles. The number of nitrogens with two attached hydrogens (primary N) is 1.